The summed E-state index contributed by atoms with van der Waals surface area (Å²) in [5.41, 5.74) is 4.30. The van der Waals surface area contributed by atoms with Gasteiger partial charge in [-0.3, -0.25) is 4.72 Å². The van der Waals surface area contributed by atoms with Crippen molar-refractivity contribution < 1.29 is 27.5 Å². The minimum atomic E-state index is -4.02. The molecule has 0 fully saturated rings. The zero-order valence-corrected chi connectivity index (χ0v) is 21.6. The van der Waals surface area contributed by atoms with E-state index < -0.39 is 22.0 Å². The summed E-state index contributed by atoms with van der Waals surface area (Å²) in [4.78, 5) is 25.2. The lowest BCUT2D eigenvalue weighted by molar-refractivity contribution is 0.0377. The molecule has 180 valence electrons. The van der Waals surface area contributed by atoms with E-state index in [9.17, 15) is 18.0 Å². The highest BCUT2D eigenvalue weighted by molar-refractivity contribution is 7.92. The molecule has 0 spiro atoms. The van der Waals surface area contributed by atoms with Crippen molar-refractivity contribution in [2.24, 2.45) is 0 Å². The summed E-state index contributed by atoms with van der Waals surface area (Å²) in [6.07, 6.45) is -0.763. The smallest absolute Gasteiger partial charge is 0.338 e. The van der Waals surface area contributed by atoms with Crippen LogP contribution in [0.15, 0.2) is 23.1 Å². The van der Waals surface area contributed by atoms with E-state index in [4.69, 9.17) is 9.47 Å². The molecule has 2 aromatic rings. The lowest BCUT2D eigenvalue weighted by Gasteiger charge is -2.20. The molecule has 0 heterocycles. The average molecular weight is 476 g/mol. The Morgan fingerprint density at radius 1 is 0.697 bits per heavy atom. The molecule has 0 saturated carbocycles. The number of benzene rings is 2. The number of nitrogens with one attached hydrogen (secondary N) is 1. The molecule has 7 nitrogen and oxygen atoms in total. The molecule has 0 atom stereocenters. The second-order valence-electron chi connectivity index (χ2n) is 8.77. The van der Waals surface area contributed by atoms with Crippen molar-refractivity contribution >= 4 is 27.6 Å². The van der Waals surface area contributed by atoms with E-state index in [1.165, 1.54) is 18.2 Å². The van der Waals surface area contributed by atoms with Crippen LogP contribution in [0.2, 0.25) is 0 Å². The van der Waals surface area contributed by atoms with Crippen LogP contribution < -0.4 is 4.72 Å². The molecule has 1 N–H and O–H groups in total. The summed E-state index contributed by atoms with van der Waals surface area (Å²) in [7, 11) is -4.02. The lowest BCUT2D eigenvalue weighted by atomic mass is 9.95. The molecule has 0 amide bonds. The molecule has 0 aliphatic heterocycles. The largest absolute Gasteiger partial charge is 0.459 e. The van der Waals surface area contributed by atoms with E-state index in [1.807, 2.05) is 20.8 Å². The van der Waals surface area contributed by atoms with Crippen LogP contribution in [-0.4, -0.2) is 32.6 Å². The Balaban J connectivity index is 2.62. The van der Waals surface area contributed by atoms with E-state index in [-0.39, 0.29) is 33.9 Å². The van der Waals surface area contributed by atoms with Gasteiger partial charge < -0.3 is 9.47 Å². The van der Waals surface area contributed by atoms with Gasteiger partial charge in [-0.1, -0.05) is 0 Å². The van der Waals surface area contributed by atoms with Crippen molar-refractivity contribution in [3.63, 3.8) is 0 Å². The predicted octanol–water partition coefficient (Wildman–Crippen LogP) is 5.16. The quantitative estimate of drug-likeness (QED) is 0.556. The third-order valence-electron chi connectivity index (χ3n) is 5.54. The molecular weight excluding hydrogens is 442 g/mol. The van der Waals surface area contributed by atoms with Gasteiger partial charge in [0.25, 0.3) is 10.0 Å². The number of esters is 2. The van der Waals surface area contributed by atoms with Gasteiger partial charge in [0.15, 0.2) is 0 Å². The maximum atomic E-state index is 13.4. The first kappa shape index (κ1) is 26.4. The van der Waals surface area contributed by atoms with Gasteiger partial charge in [0.05, 0.1) is 33.9 Å². The predicted molar refractivity (Wildman–Crippen MR) is 128 cm³/mol. The monoisotopic (exact) mass is 475 g/mol. The van der Waals surface area contributed by atoms with Crippen molar-refractivity contribution in [2.45, 2.75) is 79.4 Å². The summed E-state index contributed by atoms with van der Waals surface area (Å²) in [5, 5.41) is 0. The minimum Gasteiger partial charge on any atom is -0.459 e. The van der Waals surface area contributed by atoms with E-state index in [2.05, 4.69) is 4.72 Å². The Morgan fingerprint density at radius 3 is 1.42 bits per heavy atom. The van der Waals surface area contributed by atoms with Gasteiger partial charge >= 0.3 is 11.9 Å². The Kier molecular flexibility index (Phi) is 7.96. The van der Waals surface area contributed by atoms with Gasteiger partial charge in [0, 0.05) is 0 Å². The van der Waals surface area contributed by atoms with Crippen LogP contribution >= 0.6 is 0 Å². The Labute approximate surface area is 196 Å². The number of carbonyl (C=O) groups is 2. The number of rotatable bonds is 7. The number of carbonyl (C=O) groups excluding carboxylic acids is 2. The normalized spacial score (nSPS) is 11.6. The number of ether oxygens (including phenoxy) is 2. The molecule has 0 aliphatic carbocycles. The molecule has 0 radical (unpaired) electrons. The molecular formula is C25H33NO6S. The highest BCUT2D eigenvalue weighted by Crippen LogP contribution is 2.31. The van der Waals surface area contributed by atoms with Crippen molar-refractivity contribution in [1.29, 1.82) is 0 Å². The van der Waals surface area contributed by atoms with Crippen LogP contribution in [0.5, 0.6) is 0 Å². The molecule has 0 aliphatic rings. The molecule has 2 aromatic carbocycles. The molecule has 0 bridgehead atoms. The van der Waals surface area contributed by atoms with E-state index >= 15 is 0 Å². The Morgan fingerprint density at radius 2 is 1.06 bits per heavy atom. The summed E-state index contributed by atoms with van der Waals surface area (Å²) in [6.45, 7) is 16.1. The van der Waals surface area contributed by atoms with Crippen molar-refractivity contribution in [3.8, 4) is 0 Å². The number of sulfonamides is 1. The topological polar surface area (TPSA) is 98.8 Å². The highest BCUT2D eigenvalue weighted by Gasteiger charge is 2.25. The Hall–Kier alpha value is -2.87. The summed E-state index contributed by atoms with van der Waals surface area (Å²) in [6, 6.07) is 4.05. The first-order chi connectivity index (χ1) is 15.2. The van der Waals surface area contributed by atoms with Gasteiger partial charge in [-0.2, -0.15) is 0 Å². The van der Waals surface area contributed by atoms with Gasteiger partial charge in [-0.05, 0) is 108 Å². The molecule has 0 saturated heterocycles. The minimum absolute atomic E-state index is 0.0457. The Bertz CT molecular complexity index is 1130. The fraction of sp³-hybridized carbons (Fsp3) is 0.440. The van der Waals surface area contributed by atoms with Gasteiger partial charge in [-0.25, -0.2) is 18.0 Å². The third-order valence-corrected chi connectivity index (χ3v) is 7.20. The van der Waals surface area contributed by atoms with Crippen LogP contribution in [0.25, 0.3) is 0 Å². The summed E-state index contributed by atoms with van der Waals surface area (Å²) < 4.78 is 39.9. The molecule has 2 rings (SSSR count). The van der Waals surface area contributed by atoms with Crippen LogP contribution in [-0.2, 0) is 19.5 Å². The van der Waals surface area contributed by atoms with Crippen LogP contribution in [0.3, 0.4) is 0 Å². The van der Waals surface area contributed by atoms with Crippen LogP contribution in [0, 0.1) is 34.6 Å². The number of anilines is 1. The fourth-order valence-electron chi connectivity index (χ4n) is 3.56. The van der Waals surface area contributed by atoms with Gasteiger partial charge in [0.1, 0.15) is 0 Å². The molecule has 0 aromatic heterocycles. The van der Waals surface area contributed by atoms with E-state index in [1.54, 1.807) is 41.5 Å². The van der Waals surface area contributed by atoms with Crippen LogP contribution in [0.4, 0.5) is 5.69 Å². The highest BCUT2D eigenvalue weighted by atomic mass is 32.2. The van der Waals surface area contributed by atoms with Gasteiger partial charge in [0.2, 0.25) is 0 Å². The molecule has 0 unspecified atom stereocenters. The zero-order valence-electron chi connectivity index (χ0n) is 20.7. The first-order valence-electron chi connectivity index (χ1n) is 10.8. The van der Waals surface area contributed by atoms with Gasteiger partial charge in [-0.15, -0.1) is 0 Å². The van der Waals surface area contributed by atoms with Crippen LogP contribution in [0.1, 0.15) is 76.2 Å². The number of hydrogen-bond acceptors (Lipinski definition) is 6. The summed E-state index contributed by atoms with van der Waals surface area (Å²) in [5.74, 6) is -1.34. The van der Waals surface area contributed by atoms with Crippen molar-refractivity contribution in [3.05, 3.63) is 57.1 Å². The average Bonchev–Trinajstić information content (AvgIpc) is 2.69. The van der Waals surface area contributed by atoms with E-state index in [0.717, 1.165) is 16.7 Å². The maximum Gasteiger partial charge on any atom is 0.338 e. The standard InChI is InChI=1S/C25H33NO6S/c1-13(2)31-24(27)20-10-21(25(28)32-14(3)4)12-22(11-20)26-33(29,30)23-18(8)16(6)15(5)17(7)19(23)9/h10-14,26H,1-9H3. The zero-order chi connectivity index (χ0) is 25.2. The molecule has 8 heteroatoms. The fourth-order valence-corrected chi connectivity index (χ4v) is 5.20. The lowest BCUT2D eigenvalue weighted by Crippen LogP contribution is -2.19. The molecule has 33 heavy (non-hydrogen) atoms. The number of hydrogen-bond donors (Lipinski definition) is 1. The first-order valence-corrected chi connectivity index (χ1v) is 12.3. The maximum absolute atomic E-state index is 13.4. The summed E-state index contributed by atoms with van der Waals surface area (Å²) >= 11 is 0. The third kappa shape index (κ3) is 5.93. The second-order valence-corrected chi connectivity index (χ2v) is 10.4. The van der Waals surface area contributed by atoms with Crippen molar-refractivity contribution in [1.82, 2.24) is 0 Å². The van der Waals surface area contributed by atoms with E-state index in [0.29, 0.717) is 11.1 Å². The second kappa shape index (κ2) is 9.95. The van der Waals surface area contributed by atoms with Crippen molar-refractivity contribution in [2.75, 3.05) is 4.72 Å². The SMILES string of the molecule is Cc1c(C)c(C)c(S(=O)(=O)Nc2cc(C(=O)OC(C)C)cc(C(=O)OC(C)C)c2)c(C)c1C.